The Bertz CT molecular complexity index is 435. The summed E-state index contributed by atoms with van der Waals surface area (Å²) in [5.41, 5.74) is 0.918. The van der Waals surface area contributed by atoms with E-state index < -0.39 is 6.04 Å². The molecule has 0 radical (unpaired) electrons. The van der Waals surface area contributed by atoms with E-state index in [2.05, 4.69) is 5.32 Å². The van der Waals surface area contributed by atoms with Crippen LogP contribution in [0, 0.1) is 18.3 Å². The third-order valence-corrected chi connectivity index (χ3v) is 2.42. The molecule has 4 heteroatoms. The molecular weight excluding hydrogens is 204 g/mol. The Morgan fingerprint density at radius 1 is 1.62 bits per heavy atom. The first-order valence-electron chi connectivity index (χ1n) is 5.09. The Kier molecular flexibility index (Phi) is 3.90. The average molecular weight is 218 g/mol. The summed E-state index contributed by atoms with van der Waals surface area (Å²) in [6.07, 6.45) is 0.556. The van der Waals surface area contributed by atoms with Crippen molar-refractivity contribution in [3.8, 4) is 11.8 Å². The lowest BCUT2D eigenvalue weighted by molar-refractivity contribution is 0.0943. The Hall–Kier alpha value is -2.02. The zero-order valence-corrected chi connectivity index (χ0v) is 9.32. The van der Waals surface area contributed by atoms with Gasteiger partial charge in [0.1, 0.15) is 11.8 Å². The molecule has 0 fully saturated rings. The molecule has 1 amide bonds. The van der Waals surface area contributed by atoms with Gasteiger partial charge in [-0.25, -0.2) is 0 Å². The fourth-order valence-corrected chi connectivity index (χ4v) is 1.33. The smallest absolute Gasteiger partial charge is 0.252 e. The molecular formula is C12H14N2O2. The molecule has 0 heterocycles. The Labute approximate surface area is 94.5 Å². The molecule has 0 aliphatic heterocycles. The molecule has 84 valence electrons. The minimum absolute atomic E-state index is 0.0812. The summed E-state index contributed by atoms with van der Waals surface area (Å²) in [6.45, 7) is 3.49. The van der Waals surface area contributed by atoms with Crippen LogP contribution in [0.25, 0.3) is 0 Å². The number of carbonyl (C=O) groups is 1. The van der Waals surface area contributed by atoms with Crippen LogP contribution in [0.4, 0.5) is 0 Å². The summed E-state index contributed by atoms with van der Waals surface area (Å²) in [7, 11) is 0. The second-order valence-corrected chi connectivity index (χ2v) is 3.51. The summed E-state index contributed by atoms with van der Waals surface area (Å²) in [6, 6.07) is 6.24. The number of benzene rings is 1. The summed E-state index contributed by atoms with van der Waals surface area (Å²) >= 11 is 0. The molecule has 0 spiro atoms. The number of phenols is 1. The maximum atomic E-state index is 11.8. The summed E-state index contributed by atoms with van der Waals surface area (Å²) in [4.78, 5) is 11.8. The van der Waals surface area contributed by atoms with Crippen molar-refractivity contribution < 1.29 is 9.90 Å². The van der Waals surface area contributed by atoms with Crippen molar-refractivity contribution in [3.63, 3.8) is 0 Å². The highest BCUT2D eigenvalue weighted by atomic mass is 16.3. The van der Waals surface area contributed by atoms with Gasteiger partial charge in [0.25, 0.3) is 5.91 Å². The molecule has 2 N–H and O–H groups in total. The maximum Gasteiger partial charge on any atom is 0.252 e. The zero-order valence-electron chi connectivity index (χ0n) is 9.32. The van der Waals surface area contributed by atoms with E-state index in [1.807, 2.05) is 13.0 Å². The number of nitrogens with one attached hydrogen (secondary N) is 1. The average Bonchev–Trinajstić information content (AvgIpc) is 2.29. The lowest BCUT2D eigenvalue weighted by atomic mass is 10.1. The maximum absolute atomic E-state index is 11.8. The van der Waals surface area contributed by atoms with E-state index in [4.69, 9.17) is 5.26 Å². The molecule has 0 aromatic heterocycles. The molecule has 16 heavy (non-hydrogen) atoms. The second kappa shape index (κ2) is 5.17. The highest BCUT2D eigenvalue weighted by Gasteiger charge is 2.14. The predicted molar refractivity (Wildman–Crippen MR) is 60.0 cm³/mol. The van der Waals surface area contributed by atoms with Crippen molar-refractivity contribution in [2.24, 2.45) is 0 Å². The summed E-state index contributed by atoms with van der Waals surface area (Å²) in [5, 5.41) is 20.8. The molecule has 1 atom stereocenters. The van der Waals surface area contributed by atoms with Gasteiger partial charge in [0, 0.05) is 11.1 Å². The van der Waals surface area contributed by atoms with Gasteiger partial charge in [0.2, 0.25) is 0 Å². The number of aromatic hydroxyl groups is 1. The van der Waals surface area contributed by atoms with Crippen LogP contribution in [0.1, 0.15) is 29.3 Å². The van der Waals surface area contributed by atoms with Gasteiger partial charge < -0.3 is 10.4 Å². The second-order valence-electron chi connectivity index (χ2n) is 3.51. The van der Waals surface area contributed by atoms with E-state index in [1.54, 1.807) is 19.1 Å². The quantitative estimate of drug-likeness (QED) is 0.811. The lowest BCUT2D eigenvalue weighted by Gasteiger charge is -2.11. The molecule has 1 aromatic carbocycles. The van der Waals surface area contributed by atoms with Crippen LogP contribution in [-0.4, -0.2) is 17.1 Å². The van der Waals surface area contributed by atoms with Crippen molar-refractivity contribution in [1.29, 1.82) is 5.26 Å². The number of hydrogen-bond acceptors (Lipinski definition) is 3. The van der Waals surface area contributed by atoms with Gasteiger partial charge >= 0.3 is 0 Å². The molecule has 1 unspecified atom stereocenters. The van der Waals surface area contributed by atoms with Gasteiger partial charge in [-0.15, -0.1) is 0 Å². The number of hydrogen-bond donors (Lipinski definition) is 2. The number of rotatable bonds is 3. The van der Waals surface area contributed by atoms with Gasteiger partial charge in [-0.2, -0.15) is 5.26 Å². The summed E-state index contributed by atoms with van der Waals surface area (Å²) in [5.74, 6) is -0.251. The molecule has 0 aliphatic carbocycles. The van der Waals surface area contributed by atoms with Crippen LogP contribution in [0.15, 0.2) is 18.2 Å². The van der Waals surface area contributed by atoms with Gasteiger partial charge in [-0.3, -0.25) is 4.79 Å². The van der Waals surface area contributed by atoms with Gasteiger partial charge in [-0.05, 0) is 25.5 Å². The fraction of sp³-hybridized carbons (Fsp3) is 0.333. The monoisotopic (exact) mass is 218 g/mol. The van der Waals surface area contributed by atoms with Crippen LogP contribution < -0.4 is 5.32 Å². The van der Waals surface area contributed by atoms with E-state index in [-0.39, 0.29) is 11.7 Å². The topological polar surface area (TPSA) is 73.1 Å². The number of nitrogens with zero attached hydrogens (tertiary/aromatic N) is 1. The highest BCUT2D eigenvalue weighted by Crippen LogP contribution is 2.19. The van der Waals surface area contributed by atoms with Crippen molar-refractivity contribution >= 4 is 5.91 Å². The number of carbonyl (C=O) groups excluding carboxylic acids is 1. The van der Waals surface area contributed by atoms with E-state index >= 15 is 0 Å². The molecule has 0 saturated heterocycles. The minimum Gasteiger partial charge on any atom is -0.508 e. The van der Waals surface area contributed by atoms with Gasteiger partial charge in [0.15, 0.2) is 0 Å². The molecule has 1 aromatic rings. The van der Waals surface area contributed by atoms with Crippen LogP contribution in [-0.2, 0) is 0 Å². The van der Waals surface area contributed by atoms with Crippen molar-refractivity contribution in [3.05, 3.63) is 29.3 Å². The van der Waals surface area contributed by atoms with Crippen LogP contribution in [0.2, 0.25) is 0 Å². The minimum atomic E-state index is -0.491. The highest BCUT2D eigenvalue weighted by molar-refractivity contribution is 5.96. The van der Waals surface area contributed by atoms with Crippen molar-refractivity contribution in [2.75, 3.05) is 0 Å². The molecule has 1 rings (SSSR count). The van der Waals surface area contributed by atoms with Crippen LogP contribution >= 0.6 is 0 Å². The Morgan fingerprint density at radius 3 is 2.88 bits per heavy atom. The fourth-order valence-electron chi connectivity index (χ4n) is 1.33. The molecule has 0 bridgehead atoms. The predicted octanol–water partition coefficient (Wildman–Crippen LogP) is 1.73. The lowest BCUT2D eigenvalue weighted by Crippen LogP contribution is -2.33. The largest absolute Gasteiger partial charge is 0.508 e. The van der Waals surface area contributed by atoms with Crippen molar-refractivity contribution in [1.82, 2.24) is 5.32 Å². The number of amides is 1. The van der Waals surface area contributed by atoms with Crippen molar-refractivity contribution in [2.45, 2.75) is 26.3 Å². The first-order valence-corrected chi connectivity index (χ1v) is 5.09. The molecule has 0 saturated carbocycles. The third kappa shape index (κ3) is 2.51. The van der Waals surface area contributed by atoms with Gasteiger partial charge in [-0.1, -0.05) is 13.0 Å². The third-order valence-electron chi connectivity index (χ3n) is 2.42. The van der Waals surface area contributed by atoms with Crippen LogP contribution in [0.3, 0.4) is 0 Å². The zero-order chi connectivity index (χ0) is 12.1. The van der Waals surface area contributed by atoms with E-state index in [9.17, 15) is 9.90 Å². The molecule has 4 nitrogen and oxygen atoms in total. The Morgan fingerprint density at radius 2 is 2.31 bits per heavy atom. The Balaban J connectivity index is 2.90. The summed E-state index contributed by atoms with van der Waals surface area (Å²) < 4.78 is 0. The first-order chi connectivity index (χ1) is 7.60. The number of nitriles is 1. The number of phenolic OH excluding ortho intramolecular Hbond substituents is 1. The van der Waals surface area contributed by atoms with Crippen LogP contribution in [0.5, 0.6) is 5.75 Å². The van der Waals surface area contributed by atoms with E-state index in [0.29, 0.717) is 17.5 Å². The van der Waals surface area contributed by atoms with E-state index in [0.717, 1.165) is 0 Å². The SMILES string of the molecule is CCC(C#N)NC(=O)c1cccc(O)c1C. The molecule has 0 aliphatic rings. The van der Waals surface area contributed by atoms with E-state index in [1.165, 1.54) is 6.07 Å². The van der Waals surface area contributed by atoms with Gasteiger partial charge in [0.05, 0.1) is 6.07 Å². The normalized spacial score (nSPS) is 11.6. The first kappa shape index (κ1) is 12.1. The standard InChI is InChI=1S/C12H14N2O2/c1-3-9(7-13)14-12(16)10-5-4-6-11(15)8(10)2/h4-6,9,15H,3H2,1-2H3,(H,14,16).